The van der Waals surface area contributed by atoms with Gasteiger partial charge in [-0.1, -0.05) is 56.3 Å². The Labute approximate surface area is 166 Å². The van der Waals surface area contributed by atoms with Crippen LogP contribution in [-0.4, -0.2) is 41.2 Å². The van der Waals surface area contributed by atoms with Crippen molar-refractivity contribution in [2.75, 3.05) is 6.54 Å². The number of carbonyl (C=O) groups excluding carboxylic acids is 3. The van der Waals surface area contributed by atoms with E-state index in [2.05, 4.69) is 5.32 Å². The number of fused-ring (bicyclic) bond motifs is 1. The molecule has 0 heterocycles. The molecule has 0 fully saturated rings. The Morgan fingerprint density at radius 2 is 1.64 bits per heavy atom. The number of hydrogen-bond donors (Lipinski definition) is 2. The number of nitrogens with one attached hydrogen (secondary N) is 1. The van der Waals surface area contributed by atoms with Gasteiger partial charge in [0.1, 0.15) is 6.04 Å². The Kier molecular flexibility index (Phi) is 7.15. The molecule has 3 N–H and O–H groups in total. The lowest BCUT2D eigenvalue weighted by Gasteiger charge is -2.31. The lowest BCUT2D eigenvalue weighted by molar-refractivity contribution is -0.141. The highest BCUT2D eigenvalue weighted by atomic mass is 16.2. The van der Waals surface area contributed by atoms with Crippen LogP contribution < -0.4 is 11.1 Å². The van der Waals surface area contributed by atoms with Crippen LogP contribution in [0.4, 0.5) is 0 Å². The average Bonchev–Trinajstić information content (AvgIpc) is 2.63. The highest BCUT2D eigenvalue weighted by molar-refractivity contribution is 5.93. The lowest BCUT2D eigenvalue weighted by Crippen LogP contribution is -2.55. The van der Waals surface area contributed by atoms with Crippen LogP contribution in [0.5, 0.6) is 0 Å². The summed E-state index contributed by atoms with van der Waals surface area (Å²) in [5, 5.41) is 4.94. The maximum absolute atomic E-state index is 13.0. The van der Waals surface area contributed by atoms with E-state index in [1.165, 1.54) is 4.90 Å². The molecule has 2 aromatic rings. The molecule has 2 aromatic carbocycles. The standard InChI is InChI=1S/C22H29N3O3/c1-14(2)21(22(28)25(15(3)4)13-19(23)26)24-20(27)12-17-10-7-9-16-8-5-6-11-18(16)17/h5-11,14-15,21H,12-13H2,1-4H3,(H2,23,26)(H,24,27). The maximum Gasteiger partial charge on any atom is 0.246 e. The second-order valence-corrected chi connectivity index (χ2v) is 7.63. The van der Waals surface area contributed by atoms with Gasteiger partial charge < -0.3 is 16.0 Å². The molecule has 0 aromatic heterocycles. The van der Waals surface area contributed by atoms with Crippen molar-refractivity contribution in [3.8, 4) is 0 Å². The molecule has 1 unspecified atom stereocenters. The minimum Gasteiger partial charge on any atom is -0.368 e. The number of amides is 3. The maximum atomic E-state index is 13.0. The van der Waals surface area contributed by atoms with Gasteiger partial charge in [0.25, 0.3) is 0 Å². The molecular weight excluding hydrogens is 354 g/mol. The number of benzene rings is 2. The van der Waals surface area contributed by atoms with Gasteiger partial charge in [0, 0.05) is 6.04 Å². The average molecular weight is 383 g/mol. The van der Waals surface area contributed by atoms with Crippen LogP contribution in [0.3, 0.4) is 0 Å². The highest BCUT2D eigenvalue weighted by Gasteiger charge is 2.30. The number of rotatable bonds is 8. The molecule has 6 heteroatoms. The van der Waals surface area contributed by atoms with Gasteiger partial charge in [-0.25, -0.2) is 0 Å². The Morgan fingerprint density at radius 3 is 2.25 bits per heavy atom. The highest BCUT2D eigenvalue weighted by Crippen LogP contribution is 2.19. The van der Waals surface area contributed by atoms with Gasteiger partial charge in [-0.2, -0.15) is 0 Å². The van der Waals surface area contributed by atoms with Crippen molar-refractivity contribution in [2.45, 2.75) is 46.2 Å². The van der Waals surface area contributed by atoms with Crippen LogP contribution in [0.1, 0.15) is 33.3 Å². The summed E-state index contributed by atoms with van der Waals surface area (Å²) in [5.41, 5.74) is 6.19. The Hall–Kier alpha value is -2.89. The van der Waals surface area contributed by atoms with Gasteiger partial charge in [-0.05, 0) is 36.1 Å². The van der Waals surface area contributed by atoms with E-state index in [1.54, 1.807) is 0 Å². The molecule has 0 aliphatic carbocycles. The predicted octanol–water partition coefficient (Wildman–Crippen LogP) is 2.25. The Bertz CT molecular complexity index is 856. The van der Waals surface area contributed by atoms with Gasteiger partial charge in [-0.3, -0.25) is 14.4 Å². The van der Waals surface area contributed by atoms with E-state index >= 15 is 0 Å². The van der Waals surface area contributed by atoms with Crippen LogP contribution in [0.25, 0.3) is 10.8 Å². The number of primary amides is 1. The fourth-order valence-corrected chi connectivity index (χ4v) is 3.22. The van der Waals surface area contributed by atoms with Gasteiger partial charge >= 0.3 is 0 Å². The van der Waals surface area contributed by atoms with Gasteiger partial charge in [-0.15, -0.1) is 0 Å². The molecule has 28 heavy (non-hydrogen) atoms. The van der Waals surface area contributed by atoms with Crippen LogP contribution in [0.2, 0.25) is 0 Å². The third-order valence-electron chi connectivity index (χ3n) is 4.71. The quantitative estimate of drug-likeness (QED) is 0.732. The smallest absolute Gasteiger partial charge is 0.246 e. The molecule has 0 spiro atoms. The summed E-state index contributed by atoms with van der Waals surface area (Å²) >= 11 is 0. The zero-order valence-corrected chi connectivity index (χ0v) is 16.9. The lowest BCUT2D eigenvalue weighted by atomic mass is 9.99. The van der Waals surface area contributed by atoms with Gasteiger partial charge in [0.15, 0.2) is 0 Å². The van der Waals surface area contributed by atoms with Crippen LogP contribution in [0, 0.1) is 5.92 Å². The second-order valence-electron chi connectivity index (χ2n) is 7.63. The number of hydrogen-bond acceptors (Lipinski definition) is 3. The first kappa shape index (κ1) is 21.4. The van der Waals surface area contributed by atoms with Gasteiger partial charge in [0.05, 0.1) is 13.0 Å². The Balaban J connectivity index is 2.18. The molecule has 0 bridgehead atoms. The largest absolute Gasteiger partial charge is 0.368 e. The van der Waals surface area contributed by atoms with E-state index in [1.807, 2.05) is 70.2 Å². The molecule has 1 atom stereocenters. The summed E-state index contributed by atoms with van der Waals surface area (Å²) in [6, 6.07) is 12.8. The van der Waals surface area contributed by atoms with E-state index in [0.717, 1.165) is 16.3 Å². The van der Waals surface area contributed by atoms with Crippen LogP contribution in [-0.2, 0) is 20.8 Å². The third-order valence-corrected chi connectivity index (χ3v) is 4.71. The van der Waals surface area contributed by atoms with Crippen molar-refractivity contribution >= 4 is 28.5 Å². The molecule has 150 valence electrons. The summed E-state index contributed by atoms with van der Waals surface area (Å²) < 4.78 is 0. The molecule has 3 amide bonds. The zero-order chi connectivity index (χ0) is 20.8. The normalized spacial score (nSPS) is 12.2. The van der Waals surface area contributed by atoms with Crippen molar-refractivity contribution in [3.63, 3.8) is 0 Å². The van der Waals surface area contributed by atoms with Crippen molar-refractivity contribution in [1.82, 2.24) is 10.2 Å². The molecular formula is C22H29N3O3. The first-order valence-corrected chi connectivity index (χ1v) is 9.55. The van der Waals surface area contributed by atoms with Crippen molar-refractivity contribution < 1.29 is 14.4 Å². The van der Waals surface area contributed by atoms with E-state index in [4.69, 9.17) is 5.73 Å². The number of nitrogens with two attached hydrogens (primary N) is 1. The monoisotopic (exact) mass is 383 g/mol. The van der Waals surface area contributed by atoms with E-state index < -0.39 is 11.9 Å². The topological polar surface area (TPSA) is 92.5 Å². The fourth-order valence-electron chi connectivity index (χ4n) is 3.22. The molecule has 0 saturated carbocycles. The second kappa shape index (κ2) is 9.35. The number of carbonyl (C=O) groups is 3. The molecule has 2 rings (SSSR count). The summed E-state index contributed by atoms with van der Waals surface area (Å²) in [6.45, 7) is 7.19. The van der Waals surface area contributed by atoms with Crippen LogP contribution >= 0.6 is 0 Å². The molecule has 0 aliphatic heterocycles. The summed E-state index contributed by atoms with van der Waals surface area (Å²) in [5.74, 6) is -1.23. The number of nitrogens with zero attached hydrogens (tertiary/aromatic N) is 1. The minimum absolute atomic E-state index is 0.127. The molecule has 6 nitrogen and oxygen atoms in total. The van der Waals surface area contributed by atoms with E-state index in [0.29, 0.717) is 0 Å². The SMILES string of the molecule is CC(C)C(NC(=O)Cc1cccc2ccccc12)C(=O)N(CC(N)=O)C(C)C. The van der Waals surface area contributed by atoms with E-state index in [-0.39, 0.29) is 36.7 Å². The first-order valence-electron chi connectivity index (χ1n) is 9.55. The van der Waals surface area contributed by atoms with Crippen molar-refractivity contribution in [2.24, 2.45) is 11.7 Å². The van der Waals surface area contributed by atoms with E-state index in [9.17, 15) is 14.4 Å². The minimum atomic E-state index is -0.718. The summed E-state index contributed by atoms with van der Waals surface area (Å²) in [6.07, 6.45) is 0.176. The van der Waals surface area contributed by atoms with Crippen molar-refractivity contribution in [1.29, 1.82) is 0 Å². The Morgan fingerprint density at radius 1 is 1.00 bits per heavy atom. The zero-order valence-electron chi connectivity index (χ0n) is 16.9. The first-order chi connectivity index (χ1) is 13.2. The van der Waals surface area contributed by atoms with Crippen molar-refractivity contribution in [3.05, 3.63) is 48.0 Å². The fraction of sp³-hybridized carbons (Fsp3) is 0.409. The van der Waals surface area contributed by atoms with Crippen LogP contribution in [0.15, 0.2) is 42.5 Å². The molecule has 0 aliphatic rings. The predicted molar refractivity (Wildman–Crippen MR) is 110 cm³/mol. The molecule has 0 radical (unpaired) electrons. The van der Waals surface area contributed by atoms with Gasteiger partial charge in [0.2, 0.25) is 17.7 Å². The third kappa shape index (κ3) is 5.31. The molecule has 0 saturated heterocycles. The summed E-state index contributed by atoms with van der Waals surface area (Å²) in [4.78, 5) is 38.4. The summed E-state index contributed by atoms with van der Waals surface area (Å²) in [7, 11) is 0.